The van der Waals surface area contributed by atoms with Crippen molar-refractivity contribution in [2.45, 2.75) is 70.7 Å². The summed E-state index contributed by atoms with van der Waals surface area (Å²) in [5.74, 6) is 0.613. The van der Waals surface area contributed by atoms with Crippen LogP contribution in [0, 0.1) is 5.92 Å². The Bertz CT molecular complexity index is 679. The molecule has 0 spiro atoms. The summed E-state index contributed by atoms with van der Waals surface area (Å²) in [4.78, 5) is 2.56. The smallest absolute Gasteiger partial charge is 0.398 e. The molecular formula is C18H28BFN4O2. The fourth-order valence-corrected chi connectivity index (χ4v) is 3.67. The molecule has 0 bridgehead atoms. The van der Waals surface area contributed by atoms with Crippen molar-refractivity contribution < 1.29 is 13.7 Å². The van der Waals surface area contributed by atoms with Crippen LogP contribution in [0.1, 0.15) is 52.7 Å². The van der Waals surface area contributed by atoms with Crippen molar-refractivity contribution in [1.29, 1.82) is 0 Å². The quantitative estimate of drug-likeness (QED) is 0.754. The van der Waals surface area contributed by atoms with Gasteiger partial charge in [0.1, 0.15) is 11.4 Å². The summed E-state index contributed by atoms with van der Waals surface area (Å²) < 4.78 is 27.8. The van der Waals surface area contributed by atoms with Gasteiger partial charge in [-0.3, -0.25) is 9.58 Å². The molecule has 0 atom stereocenters. The van der Waals surface area contributed by atoms with E-state index in [1.165, 1.54) is 25.3 Å². The molecule has 0 N–H and O–H groups in total. The molecule has 142 valence electrons. The van der Waals surface area contributed by atoms with Crippen LogP contribution in [0.25, 0.3) is 6.08 Å². The first-order chi connectivity index (χ1) is 12.2. The van der Waals surface area contributed by atoms with Crippen LogP contribution in [-0.2, 0) is 15.9 Å². The predicted molar refractivity (Wildman–Crippen MR) is 97.9 cm³/mol. The second kappa shape index (κ2) is 6.42. The van der Waals surface area contributed by atoms with Crippen molar-refractivity contribution >= 4 is 13.2 Å². The summed E-state index contributed by atoms with van der Waals surface area (Å²) in [5, 5.41) is 8.20. The molecule has 2 aliphatic heterocycles. The molecule has 1 aliphatic carbocycles. The van der Waals surface area contributed by atoms with Crippen LogP contribution >= 0.6 is 0 Å². The molecule has 0 aromatic carbocycles. The standard InChI is InChI=1S/C18H28BFN4O2/c1-17(2)18(3,4)26-19(25-17)16(20)8-14-12-24(22-21-14)11-13-9-23(10-13)15-6-5-7-15/h8,12-13,15H,5-7,9-11H2,1-4H3. The number of nitrogens with zero attached hydrogens (tertiary/aromatic N) is 4. The number of likely N-dealkylation sites (tertiary alicyclic amines) is 1. The summed E-state index contributed by atoms with van der Waals surface area (Å²) in [6.45, 7) is 10.7. The van der Waals surface area contributed by atoms with Gasteiger partial charge in [0.05, 0.1) is 17.4 Å². The van der Waals surface area contributed by atoms with E-state index in [1.807, 2.05) is 32.4 Å². The lowest BCUT2D eigenvalue weighted by Crippen LogP contribution is -2.55. The molecule has 3 heterocycles. The molecule has 0 unspecified atom stereocenters. The van der Waals surface area contributed by atoms with E-state index in [-0.39, 0.29) is 0 Å². The Balaban J connectivity index is 1.32. The van der Waals surface area contributed by atoms with E-state index in [9.17, 15) is 4.39 Å². The minimum absolute atomic E-state index is 0.476. The second-order valence-electron chi connectivity index (χ2n) is 8.89. The highest BCUT2D eigenvalue weighted by atomic mass is 19.1. The molecule has 0 radical (unpaired) electrons. The predicted octanol–water partition coefficient (Wildman–Crippen LogP) is 2.70. The summed E-state index contributed by atoms with van der Waals surface area (Å²) in [6.07, 6.45) is 7.22. The van der Waals surface area contributed by atoms with E-state index in [1.54, 1.807) is 6.20 Å². The van der Waals surface area contributed by atoms with Crippen molar-refractivity contribution in [2.24, 2.45) is 5.92 Å². The lowest BCUT2D eigenvalue weighted by molar-refractivity contribution is 0.00578. The van der Waals surface area contributed by atoms with Crippen LogP contribution in [0.5, 0.6) is 0 Å². The zero-order chi connectivity index (χ0) is 18.5. The van der Waals surface area contributed by atoms with Crippen molar-refractivity contribution in [3.05, 3.63) is 17.6 Å². The van der Waals surface area contributed by atoms with E-state index < -0.39 is 24.0 Å². The Morgan fingerprint density at radius 3 is 2.50 bits per heavy atom. The summed E-state index contributed by atoms with van der Waals surface area (Å²) in [6, 6.07) is 0.814. The Labute approximate surface area is 154 Å². The van der Waals surface area contributed by atoms with Gasteiger partial charge in [-0.2, -0.15) is 0 Å². The molecule has 2 saturated heterocycles. The SMILES string of the molecule is CC1(C)OB(C(F)=Cc2cn(CC3CN(C4CCC4)C3)nn2)OC1(C)C. The first kappa shape index (κ1) is 18.1. The Morgan fingerprint density at radius 2 is 1.92 bits per heavy atom. The zero-order valence-corrected chi connectivity index (χ0v) is 16.1. The normalized spacial score (nSPS) is 26.8. The van der Waals surface area contributed by atoms with E-state index in [0.717, 1.165) is 25.7 Å². The van der Waals surface area contributed by atoms with Gasteiger partial charge in [-0.25, -0.2) is 4.39 Å². The number of halogens is 1. The van der Waals surface area contributed by atoms with Crippen molar-refractivity contribution in [2.75, 3.05) is 13.1 Å². The van der Waals surface area contributed by atoms with Gasteiger partial charge in [-0.15, -0.1) is 5.10 Å². The van der Waals surface area contributed by atoms with Gasteiger partial charge in [0, 0.05) is 31.6 Å². The third kappa shape index (κ3) is 3.34. The number of hydrogen-bond donors (Lipinski definition) is 0. The maximum atomic E-state index is 14.5. The van der Waals surface area contributed by atoms with Gasteiger partial charge in [-0.1, -0.05) is 11.6 Å². The van der Waals surface area contributed by atoms with Gasteiger partial charge in [0.2, 0.25) is 0 Å². The maximum Gasteiger partial charge on any atom is 0.525 e. The highest BCUT2D eigenvalue weighted by molar-refractivity contribution is 6.54. The fourth-order valence-electron chi connectivity index (χ4n) is 3.67. The molecule has 1 saturated carbocycles. The van der Waals surface area contributed by atoms with Crippen LogP contribution < -0.4 is 0 Å². The molecule has 3 fully saturated rings. The number of aromatic nitrogens is 3. The van der Waals surface area contributed by atoms with Crippen molar-refractivity contribution in [3.8, 4) is 0 Å². The van der Waals surface area contributed by atoms with Gasteiger partial charge >= 0.3 is 7.12 Å². The molecule has 6 nitrogen and oxygen atoms in total. The molecule has 3 aliphatic rings. The van der Waals surface area contributed by atoms with Crippen LogP contribution in [0.4, 0.5) is 4.39 Å². The van der Waals surface area contributed by atoms with Gasteiger partial charge in [0.15, 0.2) is 0 Å². The lowest BCUT2D eigenvalue weighted by atomic mass is 9.86. The first-order valence-electron chi connectivity index (χ1n) is 9.60. The van der Waals surface area contributed by atoms with Crippen LogP contribution in [0.15, 0.2) is 11.9 Å². The Kier molecular flexibility index (Phi) is 4.48. The lowest BCUT2D eigenvalue weighted by Gasteiger charge is -2.47. The first-order valence-corrected chi connectivity index (χ1v) is 9.60. The minimum atomic E-state index is -0.993. The van der Waals surface area contributed by atoms with Crippen LogP contribution in [0.2, 0.25) is 0 Å². The molecular weight excluding hydrogens is 334 g/mol. The Morgan fingerprint density at radius 1 is 1.27 bits per heavy atom. The molecule has 0 amide bonds. The van der Waals surface area contributed by atoms with Gasteiger partial charge < -0.3 is 9.31 Å². The van der Waals surface area contributed by atoms with E-state index in [4.69, 9.17) is 9.31 Å². The monoisotopic (exact) mass is 362 g/mol. The average molecular weight is 362 g/mol. The average Bonchev–Trinajstić information content (AvgIpc) is 2.97. The van der Waals surface area contributed by atoms with Crippen molar-refractivity contribution in [3.63, 3.8) is 0 Å². The molecule has 1 aromatic rings. The van der Waals surface area contributed by atoms with E-state index in [0.29, 0.717) is 11.6 Å². The summed E-state index contributed by atoms with van der Waals surface area (Å²) >= 11 is 0. The van der Waals surface area contributed by atoms with E-state index >= 15 is 0 Å². The minimum Gasteiger partial charge on any atom is -0.398 e. The molecule has 4 rings (SSSR count). The molecule has 8 heteroatoms. The number of rotatable bonds is 5. The molecule has 26 heavy (non-hydrogen) atoms. The van der Waals surface area contributed by atoms with Gasteiger partial charge in [0.25, 0.3) is 0 Å². The summed E-state index contributed by atoms with van der Waals surface area (Å²) in [5.41, 5.74) is -1.10. The van der Waals surface area contributed by atoms with Crippen LogP contribution in [0.3, 0.4) is 0 Å². The molecule has 1 aromatic heterocycles. The van der Waals surface area contributed by atoms with Crippen molar-refractivity contribution in [1.82, 2.24) is 19.9 Å². The second-order valence-corrected chi connectivity index (χ2v) is 8.89. The highest BCUT2D eigenvalue weighted by Crippen LogP contribution is 2.39. The van der Waals surface area contributed by atoms with Crippen LogP contribution in [-0.4, -0.2) is 57.3 Å². The highest BCUT2D eigenvalue weighted by Gasteiger charge is 2.53. The third-order valence-corrected chi connectivity index (χ3v) is 6.34. The topological polar surface area (TPSA) is 52.4 Å². The fraction of sp³-hybridized carbons (Fsp3) is 0.778. The Hall–Kier alpha value is -1.25. The maximum absolute atomic E-state index is 14.5. The van der Waals surface area contributed by atoms with E-state index in [2.05, 4.69) is 15.2 Å². The zero-order valence-electron chi connectivity index (χ0n) is 16.1. The van der Waals surface area contributed by atoms with Gasteiger partial charge in [-0.05, 0) is 46.6 Å². The number of hydrogen-bond acceptors (Lipinski definition) is 5. The summed E-state index contributed by atoms with van der Waals surface area (Å²) in [7, 11) is -0.993. The largest absolute Gasteiger partial charge is 0.525 e. The third-order valence-electron chi connectivity index (χ3n) is 6.34.